The Labute approximate surface area is 240 Å². The summed E-state index contributed by atoms with van der Waals surface area (Å²) in [7, 11) is -1.30. The highest BCUT2D eigenvalue weighted by Crippen LogP contribution is 2.32. The number of halogens is 2. The Bertz CT molecular complexity index is 1770. The summed E-state index contributed by atoms with van der Waals surface area (Å²) in [5, 5.41) is 4.47. The molecule has 0 saturated heterocycles. The molecular formula is C27H24Cl2N4O6S. The van der Waals surface area contributed by atoms with Crippen LogP contribution in [0.3, 0.4) is 0 Å². The molecule has 4 aromatic rings. The lowest BCUT2D eigenvalue weighted by Gasteiger charge is -2.13. The van der Waals surface area contributed by atoms with E-state index in [1.165, 1.54) is 49.3 Å². The van der Waals surface area contributed by atoms with Crippen LogP contribution in [0.15, 0.2) is 82.7 Å². The Kier molecular flexibility index (Phi) is 8.67. The quantitative estimate of drug-likeness (QED) is 0.168. The maximum absolute atomic E-state index is 13.5. The molecule has 0 unspecified atom stereocenters. The van der Waals surface area contributed by atoms with Crippen LogP contribution in [0, 0.1) is 6.92 Å². The summed E-state index contributed by atoms with van der Waals surface area (Å²) in [6.45, 7) is 1.69. The van der Waals surface area contributed by atoms with Crippen LogP contribution < -0.4 is 10.4 Å². The number of rotatable bonds is 9. The molecule has 40 heavy (non-hydrogen) atoms. The smallest absolute Gasteiger partial charge is 0.351 e. The summed E-state index contributed by atoms with van der Waals surface area (Å²) < 4.78 is 40.6. The maximum atomic E-state index is 13.5. The van der Waals surface area contributed by atoms with Gasteiger partial charge in [0.1, 0.15) is 11.4 Å². The van der Waals surface area contributed by atoms with Crippen LogP contribution in [-0.2, 0) is 30.8 Å². The standard InChI is InChI=1S/C27H24Cl2N4O6S/c1-17-30-33(25-14-24(22(28)13-23(25)29)31-40(36,37)19-10-5-4-6-11-19)27(35)32(17)15-18-9-7-8-12-20(18)21(16-38-2)26(34)39-3/h4-14,16,31H,15H2,1-3H3/b21-16+. The Morgan fingerprint density at radius 3 is 2.38 bits per heavy atom. The second-order valence-corrected chi connectivity index (χ2v) is 10.9. The zero-order chi connectivity index (χ0) is 29.0. The first kappa shape index (κ1) is 28.9. The number of methoxy groups -OCH3 is 2. The van der Waals surface area contributed by atoms with Gasteiger partial charge < -0.3 is 9.47 Å². The molecule has 0 bridgehead atoms. The second-order valence-electron chi connectivity index (χ2n) is 8.45. The molecule has 1 aromatic heterocycles. The van der Waals surface area contributed by atoms with Gasteiger partial charge in [0.05, 0.1) is 53.3 Å². The number of sulfonamides is 1. The van der Waals surface area contributed by atoms with E-state index in [4.69, 9.17) is 32.7 Å². The molecule has 3 aromatic carbocycles. The molecule has 208 valence electrons. The average Bonchev–Trinajstić information content (AvgIpc) is 3.21. The first-order valence-electron chi connectivity index (χ1n) is 11.7. The third-order valence-electron chi connectivity index (χ3n) is 5.89. The maximum Gasteiger partial charge on any atom is 0.351 e. The first-order chi connectivity index (χ1) is 19.1. The van der Waals surface area contributed by atoms with E-state index in [0.717, 1.165) is 4.68 Å². The number of hydrogen-bond acceptors (Lipinski definition) is 7. The number of benzene rings is 3. The van der Waals surface area contributed by atoms with Crippen molar-refractivity contribution in [1.29, 1.82) is 0 Å². The minimum Gasteiger partial charge on any atom is -0.503 e. The fourth-order valence-corrected chi connectivity index (χ4v) is 5.61. The zero-order valence-corrected chi connectivity index (χ0v) is 23.9. The highest BCUT2D eigenvalue weighted by molar-refractivity contribution is 7.92. The van der Waals surface area contributed by atoms with Gasteiger partial charge in [-0.2, -0.15) is 9.78 Å². The minimum absolute atomic E-state index is 0.0155. The van der Waals surface area contributed by atoms with Crippen LogP contribution in [0.2, 0.25) is 10.0 Å². The lowest BCUT2D eigenvalue weighted by molar-refractivity contribution is -0.133. The van der Waals surface area contributed by atoms with E-state index in [-0.39, 0.29) is 38.4 Å². The van der Waals surface area contributed by atoms with Gasteiger partial charge in [0.15, 0.2) is 0 Å². The van der Waals surface area contributed by atoms with E-state index in [9.17, 15) is 18.0 Å². The fraction of sp³-hybridized carbons (Fsp3) is 0.148. The van der Waals surface area contributed by atoms with Crippen LogP contribution in [-0.4, -0.2) is 43.0 Å². The van der Waals surface area contributed by atoms with Gasteiger partial charge in [-0.1, -0.05) is 65.7 Å². The summed E-state index contributed by atoms with van der Waals surface area (Å²) in [6.07, 6.45) is 1.27. The number of nitrogens with one attached hydrogen (secondary N) is 1. The molecule has 1 heterocycles. The van der Waals surface area contributed by atoms with Gasteiger partial charge in [0, 0.05) is 0 Å². The number of ether oxygens (including phenoxy) is 2. The van der Waals surface area contributed by atoms with Crippen molar-refractivity contribution < 1.29 is 22.7 Å². The first-order valence-corrected chi connectivity index (χ1v) is 13.9. The molecule has 4 rings (SSSR count). The van der Waals surface area contributed by atoms with Crippen molar-refractivity contribution in [3.05, 3.63) is 110 Å². The van der Waals surface area contributed by atoms with Crippen molar-refractivity contribution in [3.8, 4) is 5.69 Å². The van der Waals surface area contributed by atoms with Crippen molar-refractivity contribution in [3.63, 3.8) is 0 Å². The van der Waals surface area contributed by atoms with E-state index >= 15 is 0 Å². The van der Waals surface area contributed by atoms with Gasteiger partial charge in [-0.3, -0.25) is 9.29 Å². The van der Waals surface area contributed by atoms with Crippen LogP contribution in [0.4, 0.5) is 5.69 Å². The minimum atomic E-state index is -3.97. The molecule has 13 heteroatoms. The second kappa shape index (κ2) is 12.0. The average molecular weight is 603 g/mol. The SMILES string of the molecule is CO/C=C(/C(=O)OC)c1ccccc1Cn1c(C)nn(-c2cc(NS(=O)(=O)c3ccccc3)c(Cl)cc2Cl)c1=O. The number of aryl methyl sites for hydroxylation is 1. The number of aromatic nitrogens is 3. The fourth-order valence-electron chi connectivity index (χ4n) is 3.96. The van der Waals surface area contributed by atoms with E-state index < -0.39 is 21.7 Å². The van der Waals surface area contributed by atoms with Gasteiger partial charge in [-0.05, 0) is 42.3 Å². The molecule has 0 aliphatic carbocycles. The normalized spacial score (nSPS) is 11.8. The Hall–Kier alpha value is -4.06. The number of anilines is 1. The van der Waals surface area contributed by atoms with E-state index in [1.807, 2.05) is 0 Å². The lowest BCUT2D eigenvalue weighted by Crippen LogP contribution is -2.25. The van der Waals surface area contributed by atoms with Gasteiger partial charge in [0.2, 0.25) is 0 Å². The molecule has 0 spiro atoms. The summed E-state index contributed by atoms with van der Waals surface area (Å²) in [4.78, 5) is 26.0. The molecule has 1 N–H and O–H groups in total. The predicted molar refractivity (Wildman–Crippen MR) is 152 cm³/mol. The van der Waals surface area contributed by atoms with Gasteiger partial charge in [-0.25, -0.2) is 18.0 Å². The Morgan fingerprint density at radius 2 is 1.70 bits per heavy atom. The van der Waals surface area contributed by atoms with E-state index in [2.05, 4.69) is 9.82 Å². The van der Waals surface area contributed by atoms with Crippen LogP contribution in [0.25, 0.3) is 11.3 Å². The highest BCUT2D eigenvalue weighted by Gasteiger charge is 2.22. The van der Waals surface area contributed by atoms with Crippen molar-refractivity contribution >= 4 is 50.5 Å². The molecular weight excluding hydrogens is 579 g/mol. The topological polar surface area (TPSA) is 122 Å². The number of esters is 1. The third kappa shape index (κ3) is 5.91. The molecule has 0 radical (unpaired) electrons. The number of nitrogens with zero attached hydrogens (tertiary/aromatic N) is 3. The molecule has 0 aliphatic heterocycles. The van der Waals surface area contributed by atoms with E-state index in [1.54, 1.807) is 49.4 Å². The molecule has 0 fully saturated rings. The molecule has 0 amide bonds. The number of carbonyl (C=O) groups is 1. The Morgan fingerprint density at radius 1 is 1.02 bits per heavy atom. The number of hydrogen-bond donors (Lipinski definition) is 1. The molecule has 0 aliphatic rings. The van der Waals surface area contributed by atoms with Crippen molar-refractivity contribution in [2.75, 3.05) is 18.9 Å². The van der Waals surface area contributed by atoms with Crippen LogP contribution in [0.1, 0.15) is 17.0 Å². The van der Waals surface area contributed by atoms with Crippen molar-refractivity contribution in [2.24, 2.45) is 0 Å². The van der Waals surface area contributed by atoms with Crippen molar-refractivity contribution in [2.45, 2.75) is 18.4 Å². The summed E-state index contributed by atoms with van der Waals surface area (Å²) in [5.41, 5.74) is 0.892. The van der Waals surface area contributed by atoms with Crippen molar-refractivity contribution in [1.82, 2.24) is 14.3 Å². The van der Waals surface area contributed by atoms with Crippen LogP contribution >= 0.6 is 23.2 Å². The third-order valence-corrected chi connectivity index (χ3v) is 7.88. The predicted octanol–water partition coefficient (Wildman–Crippen LogP) is 4.66. The lowest BCUT2D eigenvalue weighted by atomic mass is 10.0. The highest BCUT2D eigenvalue weighted by atomic mass is 35.5. The van der Waals surface area contributed by atoms with Gasteiger partial charge in [-0.15, -0.1) is 0 Å². The van der Waals surface area contributed by atoms with Gasteiger partial charge >= 0.3 is 11.7 Å². The van der Waals surface area contributed by atoms with Crippen LogP contribution in [0.5, 0.6) is 0 Å². The molecule has 10 nitrogen and oxygen atoms in total. The molecule has 0 saturated carbocycles. The summed E-state index contributed by atoms with van der Waals surface area (Å²) in [5.74, 6) is -0.264. The van der Waals surface area contributed by atoms with Gasteiger partial charge in [0.25, 0.3) is 10.0 Å². The monoisotopic (exact) mass is 602 g/mol. The summed E-state index contributed by atoms with van der Waals surface area (Å²) in [6, 6.07) is 17.4. The summed E-state index contributed by atoms with van der Waals surface area (Å²) >= 11 is 12.7. The number of carbonyl (C=O) groups excluding carboxylic acids is 1. The zero-order valence-electron chi connectivity index (χ0n) is 21.6. The molecule has 0 atom stereocenters. The largest absolute Gasteiger partial charge is 0.503 e. The Balaban J connectivity index is 1.75. The van der Waals surface area contributed by atoms with E-state index in [0.29, 0.717) is 17.0 Å².